The lowest BCUT2D eigenvalue weighted by molar-refractivity contribution is 0.417. The van der Waals surface area contributed by atoms with E-state index in [9.17, 15) is 0 Å². The Morgan fingerprint density at radius 1 is 1.32 bits per heavy atom. The van der Waals surface area contributed by atoms with Crippen LogP contribution in [-0.2, 0) is 13.1 Å². The Hall–Kier alpha value is -1.13. The van der Waals surface area contributed by atoms with Crippen molar-refractivity contribution in [1.82, 2.24) is 14.9 Å². The van der Waals surface area contributed by atoms with E-state index < -0.39 is 0 Å². The van der Waals surface area contributed by atoms with Crippen LogP contribution in [0, 0.1) is 0 Å². The van der Waals surface area contributed by atoms with Gasteiger partial charge in [0.05, 0.1) is 0 Å². The Bertz CT molecular complexity index is 540. The number of hydrogen-bond donors (Lipinski definition) is 1. The Morgan fingerprint density at radius 3 is 2.79 bits per heavy atom. The maximum absolute atomic E-state index is 4.20. The first-order chi connectivity index (χ1) is 8.94. The first-order valence-corrected chi connectivity index (χ1v) is 7.22. The van der Waals surface area contributed by atoms with Crippen molar-refractivity contribution in [2.75, 3.05) is 0 Å². The highest BCUT2D eigenvalue weighted by atomic mass is 79.9. The lowest BCUT2D eigenvalue weighted by Gasteiger charge is -2.21. The summed E-state index contributed by atoms with van der Waals surface area (Å²) in [5.74, 6) is 0. The number of nitrogens with zero attached hydrogens (tertiary/aromatic N) is 2. The first-order valence-electron chi connectivity index (χ1n) is 6.42. The Kier molecular flexibility index (Phi) is 4.42. The van der Waals surface area contributed by atoms with E-state index in [2.05, 4.69) is 76.0 Å². The predicted octanol–water partition coefficient (Wildman–Crippen LogP) is 3.58. The fourth-order valence-corrected chi connectivity index (χ4v) is 2.27. The molecule has 3 nitrogen and oxygen atoms in total. The maximum atomic E-state index is 4.20. The summed E-state index contributed by atoms with van der Waals surface area (Å²) >= 11 is 3.46. The van der Waals surface area contributed by atoms with E-state index >= 15 is 0 Å². The normalized spacial score (nSPS) is 11.8. The molecule has 0 fully saturated rings. The molecule has 0 bridgehead atoms. The Balaban J connectivity index is 2.07. The minimum Gasteiger partial charge on any atom is -0.346 e. The Morgan fingerprint density at radius 2 is 2.11 bits per heavy atom. The molecule has 0 aliphatic heterocycles. The monoisotopic (exact) mass is 321 g/mol. The van der Waals surface area contributed by atoms with E-state index in [0.717, 1.165) is 17.6 Å². The predicted molar refractivity (Wildman–Crippen MR) is 82.1 cm³/mol. The van der Waals surface area contributed by atoms with Crippen LogP contribution in [0.1, 0.15) is 32.0 Å². The Labute approximate surface area is 123 Å². The number of nitrogens with one attached hydrogen (secondary N) is 1. The van der Waals surface area contributed by atoms with Crippen LogP contribution < -0.4 is 5.32 Å². The molecule has 0 saturated heterocycles. The molecule has 2 rings (SSSR count). The van der Waals surface area contributed by atoms with Gasteiger partial charge in [0.2, 0.25) is 0 Å². The molecule has 4 heteroatoms. The fourth-order valence-electron chi connectivity index (χ4n) is 1.86. The van der Waals surface area contributed by atoms with Crippen molar-refractivity contribution >= 4 is 15.9 Å². The zero-order chi connectivity index (χ0) is 13.9. The quantitative estimate of drug-likeness (QED) is 0.932. The van der Waals surface area contributed by atoms with Crippen molar-refractivity contribution in [3.8, 4) is 0 Å². The van der Waals surface area contributed by atoms with E-state index in [0.29, 0.717) is 0 Å². The van der Waals surface area contributed by atoms with E-state index in [1.165, 1.54) is 11.3 Å². The van der Waals surface area contributed by atoms with Gasteiger partial charge in [0.15, 0.2) is 0 Å². The average molecular weight is 322 g/mol. The van der Waals surface area contributed by atoms with Crippen molar-refractivity contribution in [2.24, 2.45) is 0 Å². The molecule has 0 aromatic carbocycles. The third kappa shape index (κ3) is 4.48. The smallest absolute Gasteiger partial charge is 0.0489 e. The summed E-state index contributed by atoms with van der Waals surface area (Å²) in [7, 11) is 0. The van der Waals surface area contributed by atoms with Crippen LogP contribution in [0.4, 0.5) is 0 Å². The van der Waals surface area contributed by atoms with Gasteiger partial charge in [-0.2, -0.15) is 0 Å². The van der Waals surface area contributed by atoms with Gasteiger partial charge in [-0.3, -0.25) is 4.98 Å². The molecule has 2 heterocycles. The summed E-state index contributed by atoms with van der Waals surface area (Å²) in [6.45, 7) is 8.26. The number of aromatic nitrogens is 2. The minimum absolute atomic E-state index is 0.131. The van der Waals surface area contributed by atoms with Crippen LogP contribution in [0.2, 0.25) is 0 Å². The van der Waals surface area contributed by atoms with Gasteiger partial charge in [-0.25, -0.2) is 0 Å². The lowest BCUT2D eigenvalue weighted by Crippen LogP contribution is -2.35. The van der Waals surface area contributed by atoms with Crippen molar-refractivity contribution in [3.63, 3.8) is 0 Å². The van der Waals surface area contributed by atoms with Crippen LogP contribution in [-0.4, -0.2) is 15.1 Å². The van der Waals surface area contributed by atoms with Gasteiger partial charge >= 0.3 is 0 Å². The van der Waals surface area contributed by atoms with Gasteiger partial charge < -0.3 is 9.88 Å². The average Bonchev–Trinajstić information content (AvgIpc) is 2.73. The van der Waals surface area contributed by atoms with Crippen molar-refractivity contribution in [3.05, 3.63) is 52.5 Å². The van der Waals surface area contributed by atoms with Crippen LogP contribution in [0.3, 0.4) is 0 Å². The molecular weight excluding hydrogens is 302 g/mol. The van der Waals surface area contributed by atoms with Crippen molar-refractivity contribution < 1.29 is 0 Å². The molecule has 0 saturated carbocycles. The molecule has 2 aromatic rings. The highest BCUT2D eigenvalue weighted by Gasteiger charge is 2.10. The molecule has 2 aromatic heterocycles. The third-order valence-electron chi connectivity index (χ3n) is 2.84. The standard InChI is InChI=1S/C15H20BrN3/c1-15(2,3)18-10-14-5-4-6-19(14)11-12-7-13(16)9-17-8-12/h4-9,18H,10-11H2,1-3H3. The summed E-state index contributed by atoms with van der Waals surface area (Å²) in [5, 5.41) is 3.52. The molecule has 0 radical (unpaired) electrons. The van der Waals surface area contributed by atoms with Crippen LogP contribution in [0.15, 0.2) is 41.3 Å². The summed E-state index contributed by atoms with van der Waals surface area (Å²) in [6, 6.07) is 6.35. The largest absolute Gasteiger partial charge is 0.346 e. The van der Waals surface area contributed by atoms with E-state index in [-0.39, 0.29) is 5.54 Å². The molecule has 0 spiro atoms. The van der Waals surface area contributed by atoms with Gasteiger partial charge in [0.25, 0.3) is 0 Å². The van der Waals surface area contributed by atoms with Gasteiger partial charge in [-0.1, -0.05) is 0 Å². The van der Waals surface area contributed by atoms with Gasteiger partial charge in [-0.15, -0.1) is 0 Å². The van der Waals surface area contributed by atoms with E-state index in [4.69, 9.17) is 0 Å². The second kappa shape index (κ2) is 5.88. The fraction of sp³-hybridized carbons (Fsp3) is 0.400. The van der Waals surface area contributed by atoms with Gasteiger partial charge in [-0.05, 0) is 60.5 Å². The highest BCUT2D eigenvalue weighted by Crippen LogP contribution is 2.13. The van der Waals surface area contributed by atoms with E-state index in [1.807, 2.05) is 6.20 Å². The number of hydrogen-bond acceptors (Lipinski definition) is 2. The number of halogens is 1. The SMILES string of the molecule is CC(C)(C)NCc1cccn1Cc1cncc(Br)c1. The summed E-state index contributed by atoms with van der Waals surface area (Å²) < 4.78 is 3.27. The van der Waals surface area contributed by atoms with Crippen LogP contribution in [0.5, 0.6) is 0 Å². The number of rotatable bonds is 4. The van der Waals surface area contributed by atoms with Gasteiger partial charge in [0, 0.05) is 47.4 Å². The molecule has 0 aliphatic rings. The van der Waals surface area contributed by atoms with Crippen molar-refractivity contribution in [1.29, 1.82) is 0 Å². The molecule has 1 N–H and O–H groups in total. The molecule has 0 atom stereocenters. The first kappa shape index (κ1) is 14.3. The van der Waals surface area contributed by atoms with Crippen molar-refractivity contribution in [2.45, 2.75) is 39.4 Å². The molecular formula is C15H20BrN3. The summed E-state index contributed by atoms with van der Waals surface area (Å²) in [6.07, 6.45) is 5.83. The molecule has 102 valence electrons. The van der Waals surface area contributed by atoms with Crippen LogP contribution in [0.25, 0.3) is 0 Å². The topological polar surface area (TPSA) is 29.9 Å². The third-order valence-corrected chi connectivity index (χ3v) is 3.27. The molecule has 0 amide bonds. The van der Waals surface area contributed by atoms with Crippen LogP contribution >= 0.6 is 15.9 Å². The second-order valence-corrected chi connectivity index (χ2v) is 6.66. The maximum Gasteiger partial charge on any atom is 0.0489 e. The minimum atomic E-state index is 0.131. The summed E-state index contributed by atoms with van der Waals surface area (Å²) in [5.41, 5.74) is 2.62. The van der Waals surface area contributed by atoms with Gasteiger partial charge in [0.1, 0.15) is 0 Å². The number of pyridine rings is 1. The molecule has 0 unspecified atom stereocenters. The van der Waals surface area contributed by atoms with E-state index in [1.54, 1.807) is 6.20 Å². The second-order valence-electron chi connectivity index (χ2n) is 5.74. The molecule has 19 heavy (non-hydrogen) atoms. The lowest BCUT2D eigenvalue weighted by atomic mass is 10.1. The zero-order valence-corrected chi connectivity index (χ0v) is 13.2. The highest BCUT2D eigenvalue weighted by molar-refractivity contribution is 9.10. The zero-order valence-electron chi connectivity index (χ0n) is 11.7. The molecule has 0 aliphatic carbocycles. The summed E-state index contributed by atoms with van der Waals surface area (Å²) in [4.78, 5) is 4.20.